The first-order valence-corrected chi connectivity index (χ1v) is 4.70. The number of nitrogens with zero attached hydrogens (tertiary/aromatic N) is 2. The highest BCUT2D eigenvalue weighted by atomic mass is 127. The van der Waals surface area contributed by atoms with E-state index in [1.165, 1.54) is 3.11 Å². The molecule has 0 N–H and O–H groups in total. The lowest BCUT2D eigenvalue weighted by Crippen LogP contribution is -2.33. The number of halogens is 1. The summed E-state index contributed by atoms with van der Waals surface area (Å²) >= 11 is 6.97. The maximum Gasteiger partial charge on any atom is 0.257 e. The monoisotopic (exact) mass is 284 g/mol. The number of hydrogen-bond acceptors (Lipinski definition) is 2. The molecular weight excluding hydrogens is 275 g/mol. The van der Waals surface area contributed by atoms with E-state index in [0.717, 1.165) is 0 Å². The van der Waals surface area contributed by atoms with Crippen LogP contribution in [0.15, 0.2) is 0 Å². The number of carbonyl (C=O) groups excluding carboxylic acids is 1. The fraction of sp³-hybridized carbons (Fsp3) is 0.667. The molecular formula is C6H9IN2OS. The molecule has 11 heavy (non-hydrogen) atoms. The predicted molar refractivity (Wildman–Crippen MR) is 55.3 cm³/mol. The molecule has 1 fully saturated rings. The third-order valence-corrected chi connectivity index (χ3v) is 3.30. The second kappa shape index (κ2) is 3.22. The van der Waals surface area contributed by atoms with Crippen LogP contribution in [0.5, 0.6) is 0 Å². The second-order valence-corrected chi connectivity index (χ2v) is 4.01. The highest BCUT2D eigenvalue weighted by Gasteiger charge is 2.32. The Labute approximate surface area is 85.2 Å². The molecule has 0 unspecified atom stereocenters. The molecule has 0 spiro atoms. The summed E-state index contributed by atoms with van der Waals surface area (Å²) in [6.45, 7) is 4.48. The van der Waals surface area contributed by atoms with Crippen LogP contribution in [0.25, 0.3) is 0 Å². The van der Waals surface area contributed by atoms with Gasteiger partial charge in [0, 0.05) is 6.04 Å². The van der Waals surface area contributed by atoms with Gasteiger partial charge in [-0.05, 0) is 26.1 Å². The quantitative estimate of drug-likeness (QED) is 0.410. The van der Waals surface area contributed by atoms with E-state index in [2.05, 4.69) is 0 Å². The Morgan fingerprint density at radius 2 is 2.18 bits per heavy atom. The summed E-state index contributed by atoms with van der Waals surface area (Å²) in [5, 5.41) is 0.630. The van der Waals surface area contributed by atoms with Gasteiger partial charge in [-0.1, -0.05) is 0 Å². The van der Waals surface area contributed by atoms with E-state index in [9.17, 15) is 4.79 Å². The van der Waals surface area contributed by atoms with Gasteiger partial charge in [0.15, 0.2) is 5.11 Å². The van der Waals surface area contributed by atoms with Crippen molar-refractivity contribution in [2.45, 2.75) is 19.9 Å². The molecule has 1 amide bonds. The Balaban J connectivity index is 2.75. The molecule has 0 aromatic carbocycles. The first kappa shape index (κ1) is 9.18. The maximum absolute atomic E-state index is 11.1. The Morgan fingerprint density at radius 1 is 1.64 bits per heavy atom. The number of carbonyl (C=O) groups is 1. The van der Waals surface area contributed by atoms with E-state index in [-0.39, 0.29) is 5.91 Å². The molecule has 0 aromatic rings. The van der Waals surface area contributed by atoms with Gasteiger partial charge >= 0.3 is 0 Å². The molecule has 3 nitrogen and oxygen atoms in total. The van der Waals surface area contributed by atoms with E-state index >= 15 is 0 Å². The van der Waals surface area contributed by atoms with Crippen LogP contribution in [0.4, 0.5) is 0 Å². The van der Waals surface area contributed by atoms with Crippen molar-refractivity contribution >= 4 is 46.1 Å². The summed E-state index contributed by atoms with van der Waals surface area (Å²) in [5.41, 5.74) is 0. The Bertz CT molecular complexity index is 207. The Hall–Kier alpha value is 0.0900. The number of amides is 1. The van der Waals surface area contributed by atoms with Gasteiger partial charge in [0.05, 0.1) is 22.9 Å². The molecule has 5 heteroatoms. The van der Waals surface area contributed by atoms with Gasteiger partial charge < -0.3 is 4.90 Å². The summed E-state index contributed by atoms with van der Waals surface area (Å²) in [6.07, 6.45) is 0. The average Bonchev–Trinajstić information content (AvgIpc) is 2.17. The van der Waals surface area contributed by atoms with Crippen LogP contribution in [0.3, 0.4) is 0 Å². The molecule has 1 saturated heterocycles. The molecule has 0 saturated carbocycles. The topological polar surface area (TPSA) is 23.6 Å². The lowest BCUT2D eigenvalue weighted by molar-refractivity contribution is -0.121. The third kappa shape index (κ3) is 1.64. The molecule has 1 rings (SSSR count). The van der Waals surface area contributed by atoms with E-state index in [4.69, 9.17) is 12.2 Å². The highest BCUT2D eigenvalue weighted by molar-refractivity contribution is 14.1. The fourth-order valence-electron chi connectivity index (χ4n) is 0.898. The van der Waals surface area contributed by atoms with Gasteiger partial charge in [0.25, 0.3) is 5.91 Å². The summed E-state index contributed by atoms with van der Waals surface area (Å²) in [5.74, 6) is 0.0734. The van der Waals surface area contributed by atoms with Gasteiger partial charge in [0.1, 0.15) is 6.54 Å². The molecule has 0 radical (unpaired) electrons. The summed E-state index contributed by atoms with van der Waals surface area (Å²) in [7, 11) is 0. The van der Waals surface area contributed by atoms with Gasteiger partial charge in [-0.15, -0.1) is 0 Å². The van der Waals surface area contributed by atoms with E-state index < -0.39 is 0 Å². The predicted octanol–water partition coefficient (Wildman–Crippen LogP) is 1.17. The number of rotatable bonds is 1. The summed E-state index contributed by atoms with van der Waals surface area (Å²) in [6, 6.07) is 0.311. The molecule has 0 bridgehead atoms. The van der Waals surface area contributed by atoms with Crippen LogP contribution >= 0.6 is 35.1 Å². The standard InChI is InChI=1S/C6H9IN2OS/c1-4(2)8-3-5(10)9(7)6(8)11/h4H,3H2,1-2H3. The number of hydrogen-bond donors (Lipinski definition) is 0. The molecule has 0 atom stereocenters. The zero-order valence-corrected chi connectivity index (χ0v) is 9.35. The minimum absolute atomic E-state index is 0.0734. The van der Waals surface area contributed by atoms with Crippen molar-refractivity contribution in [3.8, 4) is 0 Å². The van der Waals surface area contributed by atoms with Crippen molar-refractivity contribution in [2.75, 3.05) is 6.54 Å². The minimum atomic E-state index is 0.0734. The van der Waals surface area contributed by atoms with E-state index in [1.54, 1.807) is 0 Å². The van der Waals surface area contributed by atoms with Gasteiger partial charge in [-0.25, -0.2) is 3.11 Å². The van der Waals surface area contributed by atoms with Crippen LogP contribution in [-0.4, -0.2) is 31.6 Å². The minimum Gasteiger partial charge on any atom is -0.336 e. The van der Waals surface area contributed by atoms with Crippen LogP contribution in [0, 0.1) is 0 Å². The van der Waals surface area contributed by atoms with Gasteiger partial charge in [-0.3, -0.25) is 4.79 Å². The molecule has 1 heterocycles. The highest BCUT2D eigenvalue weighted by Crippen LogP contribution is 2.17. The fourth-order valence-corrected chi connectivity index (χ4v) is 1.71. The van der Waals surface area contributed by atoms with Crippen molar-refractivity contribution in [2.24, 2.45) is 0 Å². The van der Waals surface area contributed by atoms with Crippen LogP contribution in [0.2, 0.25) is 0 Å². The van der Waals surface area contributed by atoms with Crippen LogP contribution in [0.1, 0.15) is 13.8 Å². The maximum atomic E-state index is 11.1. The second-order valence-electron chi connectivity index (χ2n) is 2.68. The summed E-state index contributed by atoms with van der Waals surface area (Å²) in [4.78, 5) is 13.0. The third-order valence-electron chi connectivity index (χ3n) is 1.56. The van der Waals surface area contributed by atoms with Crippen molar-refractivity contribution < 1.29 is 4.79 Å². The van der Waals surface area contributed by atoms with Gasteiger partial charge in [0.2, 0.25) is 0 Å². The Morgan fingerprint density at radius 3 is 2.36 bits per heavy atom. The first-order chi connectivity index (χ1) is 5.04. The Kier molecular flexibility index (Phi) is 2.69. The zero-order chi connectivity index (χ0) is 8.59. The van der Waals surface area contributed by atoms with Crippen molar-refractivity contribution in [3.05, 3.63) is 0 Å². The lowest BCUT2D eigenvalue weighted by Gasteiger charge is -2.20. The van der Waals surface area contributed by atoms with Crippen molar-refractivity contribution in [3.63, 3.8) is 0 Å². The smallest absolute Gasteiger partial charge is 0.257 e. The van der Waals surface area contributed by atoms with E-state index in [1.807, 2.05) is 41.6 Å². The zero-order valence-electron chi connectivity index (χ0n) is 6.37. The average molecular weight is 284 g/mol. The van der Waals surface area contributed by atoms with Gasteiger partial charge in [-0.2, -0.15) is 0 Å². The van der Waals surface area contributed by atoms with Crippen molar-refractivity contribution in [1.29, 1.82) is 0 Å². The lowest BCUT2D eigenvalue weighted by atomic mass is 10.3. The molecule has 0 aliphatic carbocycles. The van der Waals surface area contributed by atoms with Crippen LogP contribution in [-0.2, 0) is 4.79 Å². The summed E-state index contributed by atoms with van der Waals surface area (Å²) < 4.78 is 1.49. The van der Waals surface area contributed by atoms with Crippen molar-refractivity contribution in [1.82, 2.24) is 8.01 Å². The normalized spacial score (nSPS) is 18.9. The first-order valence-electron chi connectivity index (χ1n) is 3.33. The number of thiocarbonyl (C=S) groups is 1. The van der Waals surface area contributed by atoms with E-state index in [0.29, 0.717) is 17.7 Å². The molecule has 1 aliphatic heterocycles. The molecule has 0 aromatic heterocycles. The van der Waals surface area contributed by atoms with Crippen LogP contribution < -0.4 is 0 Å². The SMILES string of the molecule is CC(C)N1CC(=O)N(I)C1=S. The molecule has 62 valence electrons. The largest absolute Gasteiger partial charge is 0.336 e. The molecule has 1 aliphatic rings.